The Bertz CT molecular complexity index is 985. The molecule has 9 heteroatoms. The van der Waals surface area contributed by atoms with Crippen molar-refractivity contribution in [1.29, 1.82) is 0 Å². The van der Waals surface area contributed by atoms with E-state index < -0.39 is 52.3 Å². The van der Waals surface area contributed by atoms with Crippen LogP contribution in [0.1, 0.15) is 5.56 Å². The molecule has 0 spiro atoms. The summed E-state index contributed by atoms with van der Waals surface area (Å²) in [5.74, 6) is -10.8. The van der Waals surface area contributed by atoms with Crippen molar-refractivity contribution in [1.82, 2.24) is 0 Å². The van der Waals surface area contributed by atoms with Crippen molar-refractivity contribution in [2.75, 3.05) is 0 Å². The molecule has 0 aliphatic carbocycles. The Labute approximate surface area is 152 Å². The second-order valence-corrected chi connectivity index (χ2v) is 5.64. The van der Waals surface area contributed by atoms with Crippen LogP contribution in [0.5, 0.6) is 5.75 Å². The Morgan fingerprint density at radius 2 is 1.11 bits per heavy atom. The summed E-state index contributed by atoms with van der Waals surface area (Å²) in [5.41, 5.74) is -1.82. The van der Waals surface area contributed by atoms with Crippen LogP contribution in [0.2, 0.25) is 0 Å². The Morgan fingerprint density at radius 3 is 1.61 bits per heavy atom. The first-order chi connectivity index (χ1) is 13.1. The van der Waals surface area contributed by atoms with E-state index in [0.29, 0.717) is 12.1 Å². The van der Waals surface area contributed by atoms with E-state index in [1.54, 1.807) is 0 Å². The lowest BCUT2D eigenvalue weighted by Crippen LogP contribution is -2.25. The molecule has 0 unspecified atom stereocenters. The maximum atomic E-state index is 14.2. The number of hydrogen-bond acceptors (Lipinski definition) is 1. The summed E-state index contributed by atoms with van der Waals surface area (Å²) in [6.45, 7) is 0. The number of ether oxygens (including phenoxy) is 1. The van der Waals surface area contributed by atoms with Gasteiger partial charge in [-0.2, -0.15) is 8.78 Å². The minimum atomic E-state index is -4.67. The monoisotopic (exact) mass is 404 g/mol. The Hall–Kier alpha value is -3.10. The van der Waals surface area contributed by atoms with Gasteiger partial charge in [-0.05, 0) is 35.4 Å². The average molecular weight is 404 g/mol. The van der Waals surface area contributed by atoms with Crippen LogP contribution >= 0.6 is 0 Å². The van der Waals surface area contributed by atoms with E-state index in [1.165, 1.54) is 12.1 Å². The zero-order valence-electron chi connectivity index (χ0n) is 13.6. The summed E-state index contributed by atoms with van der Waals surface area (Å²) in [4.78, 5) is 0. The van der Waals surface area contributed by atoms with Gasteiger partial charge in [0.2, 0.25) is 0 Å². The van der Waals surface area contributed by atoms with Gasteiger partial charge in [-0.15, -0.1) is 0 Å². The molecule has 0 aliphatic heterocycles. The molecule has 0 aromatic heterocycles. The quantitative estimate of drug-likeness (QED) is 0.366. The van der Waals surface area contributed by atoms with Gasteiger partial charge >= 0.3 is 6.11 Å². The van der Waals surface area contributed by atoms with Crippen molar-refractivity contribution in [2.45, 2.75) is 6.11 Å². The van der Waals surface area contributed by atoms with Crippen molar-refractivity contribution < 1.29 is 39.9 Å². The maximum Gasteiger partial charge on any atom is 0.432 e. The zero-order chi connectivity index (χ0) is 20.6. The zero-order valence-corrected chi connectivity index (χ0v) is 13.6. The Morgan fingerprint density at radius 1 is 0.607 bits per heavy atom. The van der Waals surface area contributed by atoms with Crippen molar-refractivity contribution in [3.05, 3.63) is 89.0 Å². The summed E-state index contributed by atoms with van der Waals surface area (Å²) >= 11 is 0. The molecule has 0 saturated carbocycles. The van der Waals surface area contributed by atoms with E-state index in [9.17, 15) is 35.1 Å². The molecular weight excluding hydrogens is 396 g/mol. The molecule has 0 bridgehead atoms. The molecule has 146 valence electrons. The normalized spacial score (nSPS) is 11.6. The van der Waals surface area contributed by atoms with E-state index in [2.05, 4.69) is 4.74 Å². The van der Waals surface area contributed by atoms with Gasteiger partial charge in [0.15, 0.2) is 17.5 Å². The smallest absolute Gasteiger partial charge is 0.429 e. The first kappa shape index (κ1) is 19.7. The van der Waals surface area contributed by atoms with Gasteiger partial charge in [-0.3, -0.25) is 0 Å². The molecule has 0 fully saturated rings. The highest BCUT2D eigenvalue weighted by Gasteiger charge is 2.41. The van der Waals surface area contributed by atoms with Gasteiger partial charge in [-0.1, -0.05) is 12.1 Å². The molecule has 28 heavy (non-hydrogen) atoms. The predicted octanol–water partition coefficient (Wildman–Crippen LogP) is 6.32. The van der Waals surface area contributed by atoms with Crippen molar-refractivity contribution in [3.8, 4) is 16.9 Å². The summed E-state index contributed by atoms with van der Waals surface area (Å²) in [5, 5.41) is 0. The van der Waals surface area contributed by atoms with Crippen LogP contribution in [0.15, 0.2) is 48.5 Å². The minimum Gasteiger partial charge on any atom is -0.429 e. The second kappa shape index (κ2) is 7.14. The molecule has 0 amide bonds. The highest BCUT2D eigenvalue weighted by Crippen LogP contribution is 2.37. The fourth-order valence-electron chi connectivity index (χ4n) is 2.45. The molecule has 3 aromatic rings. The van der Waals surface area contributed by atoms with E-state index in [4.69, 9.17) is 0 Å². The topological polar surface area (TPSA) is 9.23 Å². The Kier molecular flexibility index (Phi) is 5.01. The SMILES string of the molecule is Fc1ccc(-c2cc(F)c(C(F)(F)Oc3cc(F)c(F)c(F)c3)c(F)c2)cc1. The standard InChI is InChI=1S/C19H8F8O/c20-11-3-1-9(2-4-11)10-5-13(21)17(14(22)6-10)19(26,27)28-12-7-15(23)18(25)16(24)8-12/h1-8H. The van der Waals surface area contributed by atoms with Crippen molar-refractivity contribution in [2.24, 2.45) is 0 Å². The third-order valence-electron chi connectivity index (χ3n) is 3.71. The highest BCUT2D eigenvalue weighted by atomic mass is 19.3. The number of benzene rings is 3. The number of halogens is 8. The first-order valence-corrected chi connectivity index (χ1v) is 7.55. The predicted molar refractivity (Wildman–Crippen MR) is 82.6 cm³/mol. The maximum absolute atomic E-state index is 14.2. The lowest BCUT2D eigenvalue weighted by Gasteiger charge is -2.20. The summed E-state index contributed by atoms with van der Waals surface area (Å²) in [6.07, 6.45) is -4.67. The molecule has 0 aliphatic rings. The minimum absolute atomic E-state index is 0.106. The van der Waals surface area contributed by atoms with Crippen LogP contribution < -0.4 is 4.74 Å². The van der Waals surface area contributed by atoms with Crippen LogP contribution in [0.4, 0.5) is 35.1 Å². The molecule has 3 rings (SSSR count). The lowest BCUT2D eigenvalue weighted by molar-refractivity contribution is -0.189. The first-order valence-electron chi connectivity index (χ1n) is 7.55. The van der Waals surface area contributed by atoms with Crippen molar-refractivity contribution >= 4 is 0 Å². The summed E-state index contributed by atoms with van der Waals surface area (Å²) < 4.78 is 113. The lowest BCUT2D eigenvalue weighted by atomic mass is 10.0. The summed E-state index contributed by atoms with van der Waals surface area (Å²) in [7, 11) is 0. The summed E-state index contributed by atoms with van der Waals surface area (Å²) in [6, 6.07) is 5.72. The number of rotatable bonds is 4. The fourth-order valence-corrected chi connectivity index (χ4v) is 2.45. The third-order valence-corrected chi connectivity index (χ3v) is 3.71. The van der Waals surface area contributed by atoms with Crippen LogP contribution in [0, 0.1) is 34.9 Å². The van der Waals surface area contributed by atoms with E-state index in [-0.39, 0.29) is 23.3 Å². The van der Waals surface area contributed by atoms with Gasteiger partial charge in [0.25, 0.3) is 0 Å². The molecule has 3 aromatic carbocycles. The fraction of sp³-hybridized carbons (Fsp3) is 0.0526. The van der Waals surface area contributed by atoms with E-state index in [0.717, 1.165) is 12.1 Å². The molecule has 0 radical (unpaired) electrons. The highest BCUT2D eigenvalue weighted by molar-refractivity contribution is 5.64. The second-order valence-electron chi connectivity index (χ2n) is 5.64. The molecule has 0 saturated heterocycles. The molecule has 1 nitrogen and oxygen atoms in total. The number of alkyl halides is 2. The molecule has 0 heterocycles. The largest absolute Gasteiger partial charge is 0.432 e. The molecular formula is C19H8F8O. The molecule has 0 N–H and O–H groups in total. The van der Waals surface area contributed by atoms with Gasteiger partial charge in [0, 0.05) is 12.1 Å². The van der Waals surface area contributed by atoms with Gasteiger partial charge in [-0.25, -0.2) is 26.3 Å². The van der Waals surface area contributed by atoms with Gasteiger partial charge in [0.1, 0.15) is 28.8 Å². The van der Waals surface area contributed by atoms with E-state index >= 15 is 0 Å². The van der Waals surface area contributed by atoms with Gasteiger partial charge < -0.3 is 4.74 Å². The van der Waals surface area contributed by atoms with Gasteiger partial charge in [0.05, 0.1) is 0 Å². The molecule has 0 atom stereocenters. The average Bonchev–Trinajstić information content (AvgIpc) is 2.59. The van der Waals surface area contributed by atoms with Crippen molar-refractivity contribution in [3.63, 3.8) is 0 Å². The number of hydrogen-bond donors (Lipinski definition) is 0. The van der Waals surface area contributed by atoms with Crippen LogP contribution in [0.25, 0.3) is 11.1 Å². The third kappa shape index (κ3) is 3.78. The Balaban J connectivity index is 1.99. The van der Waals surface area contributed by atoms with Crippen LogP contribution in [-0.4, -0.2) is 0 Å². The van der Waals surface area contributed by atoms with Crippen LogP contribution in [-0.2, 0) is 6.11 Å². The van der Waals surface area contributed by atoms with Crippen LogP contribution in [0.3, 0.4) is 0 Å². The van der Waals surface area contributed by atoms with E-state index in [1.807, 2.05) is 0 Å².